The minimum Gasteiger partial charge on any atom is -0.395 e. The van der Waals surface area contributed by atoms with Gasteiger partial charge in [-0.2, -0.15) is 0 Å². The Labute approximate surface area is 168 Å². The molecule has 1 unspecified atom stereocenters. The molecule has 1 aromatic rings. The van der Waals surface area contributed by atoms with Gasteiger partial charge in [0.2, 0.25) is 0 Å². The summed E-state index contributed by atoms with van der Waals surface area (Å²) in [6, 6.07) is 5.60. The lowest BCUT2D eigenvalue weighted by atomic mass is 10.0. The van der Waals surface area contributed by atoms with Crippen molar-refractivity contribution >= 4 is 17.3 Å². The zero-order valence-electron chi connectivity index (χ0n) is 17.2. The van der Waals surface area contributed by atoms with Gasteiger partial charge >= 0.3 is 0 Å². The monoisotopic (exact) mass is 381 g/mol. The quantitative estimate of drug-likeness (QED) is 0.586. The Morgan fingerprint density at radius 3 is 2.79 bits per heavy atom. The summed E-state index contributed by atoms with van der Waals surface area (Å²) < 4.78 is 0. The highest BCUT2D eigenvalue weighted by Crippen LogP contribution is 2.34. The summed E-state index contributed by atoms with van der Waals surface area (Å²) in [5.41, 5.74) is 5.46. The van der Waals surface area contributed by atoms with Crippen LogP contribution in [0, 0.1) is 0 Å². The average Bonchev–Trinajstić information content (AvgIpc) is 2.96. The Bertz CT molecular complexity index is 821. The van der Waals surface area contributed by atoms with Gasteiger partial charge < -0.3 is 20.6 Å². The van der Waals surface area contributed by atoms with Gasteiger partial charge in [-0.1, -0.05) is 31.7 Å². The van der Waals surface area contributed by atoms with Crippen LogP contribution >= 0.6 is 0 Å². The van der Waals surface area contributed by atoms with Crippen molar-refractivity contribution in [3.05, 3.63) is 71.5 Å². The summed E-state index contributed by atoms with van der Waals surface area (Å²) in [6.07, 6.45) is 8.82. The highest BCUT2D eigenvalue weighted by molar-refractivity contribution is 5.97. The van der Waals surface area contributed by atoms with Crippen LogP contribution in [0.15, 0.2) is 65.9 Å². The van der Waals surface area contributed by atoms with Gasteiger partial charge in [-0.15, -0.1) is 0 Å². The van der Waals surface area contributed by atoms with Crippen LogP contribution in [0.2, 0.25) is 0 Å². The highest BCUT2D eigenvalue weighted by Gasteiger charge is 2.25. The summed E-state index contributed by atoms with van der Waals surface area (Å²) >= 11 is 0. The SMILES string of the molecule is C=C/C=C(C)/C(/C=C(\C)NC(=O)c1ccc2c(c1)NC(C)N2CCO)=C/CC. The third-order valence-corrected chi connectivity index (χ3v) is 4.67. The predicted octanol–water partition coefficient (Wildman–Crippen LogP) is 4.36. The van der Waals surface area contributed by atoms with E-state index in [4.69, 9.17) is 0 Å². The zero-order chi connectivity index (χ0) is 20.7. The van der Waals surface area contributed by atoms with Gasteiger partial charge in [0, 0.05) is 17.8 Å². The van der Waals surface area contributed by atoms with E-state index in [0.29, 0.717) is 12.1 Å². The molecular formula is C23H31N3O2. The smallest absolute Gasteiger partial charge is 0.255 e. The maximum Gasteiger partial charge on any atom is 0.255 e. The molecule has 1 aliphatic rings. The lowest BCUT2D eigenvalue weighted by Crippen LogP contribution is -2.34. The van der Waals surface area contributed by atoms with E-state index in [1.807, 2.05) is 51.1 Å². The number of β-amino-alcohol motifs (C(OH)–C–C–N with tert-alkyl or cyclic N) is 1. The molecule has 0 spiro atoms. The molecule has 5 nitrogen and oxygen atoms in total. The molecule has 0 aromatic heterocycles. The molecule has 1 heterocycles. The molecule has 1 aliphatic heterocycles. The summed E-state index contributed by atoms with van der Waals surface area (Å²) in [4.78, 5) is 14.8. The molecule has 0 saturated carbocycles. The average molecular weight is 382 g/mol. The highest BCUT2D eigenvalue weighted by atomic mass is 16.3. The minimum absolute atomic E-state index is 0.0865. The molecule has 0 saturated heterocycles. The molecule has 0 bridgehead atoms. The van der Waals surface area contributed by atoms with Crippen molar-refractivity contribution in [1.29, 1.82) is 0 Å². The Morgan fingerprint density at radius 2 is 2.14 bits per heavy atom. The second-order valence-corrected chi connectivity index (χ2v) is 6.90. The van der Waals surface area contributed by atoms with Crippen molar-refractivity contribution in [3.8, 4) is 0 Å². The Morgan fingerprint density at radius 1 is 1.39 bits per heavy atom. The van der Waals surface area contributed by atoms with Crippen molar-refractivity contribution in [1.82, 2.24) is 5.32 Å². The van der Waals surface area contributed by atoms with Gasteiger partial charge in [-0.05, 0) is 62.6 Å². The van der Waals surface area contributed by atoms with Crippen LogP contribution in [0.25, 0.3) is 0 Å². The van der Waals surface area contributed by atoms with Crippen LogP contribution in [-0.2, 0) is 0 Å². The van der Waals surface area contributed by atoms with Crippen LogP contribution in [0.1, 0.15) is 44.5 Å². The molecule has 0 fully saturated rings. The molecule has 1 aromatic carbocycles. The van der Waals surface area contributed by atoms with Crippen LogP contribution in [0.3, 0.4) is 0 Å². The maximum atomic E-state index is 12.7. The van der Waals surface area contributed by atoms with E-state index in [-0.39, 0.29) is 18.7 Å². The predicted molar refractivity (Wildman–Crippen MR) is 118 cm³/mol. The first kappa shape index (κ1) is 21.5. The topological polar surface area (TPSA) is 64.6 Å². The number of aliphatic hydroxyl groups excluding tert-OH is 1. The van der Waals surface area contributed by atoms with E-state index in [1.165, 1.54) is 0 Å². The van der Waals surface area contributed by atoms with Crippen molar-refractivity contribution in [2.75, 3.05) is 23.4 Å². The number of amides is 1. The first-order chi connectivity index (χ1) is 13.4. The minimum atomic E-state index is -0.146. The number of allylic oxidation sites excluding steroid dienone is 7. The van der Waals surface area contributed by atoms with Gasteiger partial charge in [0.1, 0.15) is 0 Å². The van der Waals surface area contributed by atoms with Crippen LogP contribution in [0.5, 0.6) is 0 Å². The molecule has 3 N–H and O–H groups in total. The van der Waals surface area contributed by atoms with Gasteiger partial charge in [-0.3, -0.25) is 4.79 Å². The standard InChI is InChI=1S/C23H31N3O2/c1-6-8-16(3)19(9-7-2)14-17(4)24-23(28)20-10-11-22-21(15-20)25-18(5)26(22)12-13-27/h6,8-11,14-15,18,25,27H,1,7,12-13H2,2-5H3,(H,24,28)/b16-8+,17-14+,19-9+. The van der Waals surface area contributed by atoms with Gasteiger partial charge in [0.15, 0.2) is 0 Å². The Hall–Kier alpha value is -2.79. The van der Waals surface area contributed by atoms with Gasteiger partial charge in [0.25, 0.3) is 5.91 Å². The van der Waals surface area contributed by atoms with E-state index in [2.05, 4.69) is 35.1 Å². The normalized spacial score (nSPS) is 17.2. The maximum absolute atomic E-state index is 12.7. The summed E-state index contributed by atoms with van der Waals surface area (Å²) in [7, 11) is 0. The summed E-state index contributed by atoms with van der Waals surface area (Å²) in [5.74, 6) is -0.146. The fourth-order valence-electron chi connectivity index (χ4n) is 3.32. The van der Waals surface area contributed by atoms with E-state index < -0.39 is 0 Å². The van der Waals surface area contributed by atoms with E-state index in [9.17, 15) is 9.90 Å². The van der Waals surface area contributed by atoms with Crippen LogP contribution in [0.4, 0.5) is 11.4 Å². The third kappa shape index (κ3) is 5.14. The summed E-state index contributed by atoms with van der Waals surface area (Å²) in [6.45, 7) is 12.4. The number of nitrogens with zero attached hydrogens (tertiary/aromatic N) is 1. The van der Waals surface area contributed by atoms with Crippen molar-refractivity contribution < 1.29 is 9.90 Å². The number of anilines is 2. The number of aliphatic hydroxyl groups is 1. The largest absolute Gasteiger partial charge is 0.395 e. The number of rotatable bonds is 8. The molecule has 0 radical (unpaired) electrons. The van der Waals surface area contributed by atoms with Crippen molar-refractivity contribution in [2.45, 2.75) is 40.3 Å². The molecule has 2 rings (SSSR count). The lowest BCUT2D eigenvalue weighted by Gasteiger charge is -2.22. The fourth-order valence-corrected chi connectivity index (χ4v) is 3.32. The number of nitrogens with one attached hydrogen (secondary N) is 2. The molecule has 0 aliphatic carbocycles. The molecule has 28 heavy (non-hydrogen) atoms. The molecule has 150 valence electrons. The number of carbonyl (C=O) groups excluding carboxylic acids is 1. The number of benzene rings is 1. The zero-order valence-corrected chi connectivity index (χ0v) is 17.2. The van der Waals surface area contributed by atoms with Crippen LogP contribution in [-0.4, -0.2) is 30.3 Å². The Kier molecular flexibility index (Phi) is 7.64. The molecular weight excluding hydrogens is 350 g/mol. The number of fused-ring (bicyclic) bond motifs is 1. The fraction of sp³-hybridized carbons (Fsp3) is 0.348. The summed E-state index contributed by atoms with van der Waals surface area (Å²) in [5, 5.41) is 15.6. The molecule has 5 heteroatoms. The second-order valence-electron chi connectivity index (χ2n) is 6.90. The molecule has 1 amide bonds. The van der Waals surface area contributed by atoms with E-state index in [0.717, 1.165) is 34.6 Å². The molecule has 1 atom stereocenters. The second kappa shape index (κ2) is 9.95. The lowest BCUT2D eigenvalue weighted by molar-refractivity contribution is 0.0966. The van der Waals surface area contributed by atoms with Gasteiger partial charge in [-0.25, -0.2) is 0 Å². The van der Waals surface area contributed by atoms with E-state index >= 15 is 0 Å². The van der Waals surface area contributed by atoms with Crippen molar-refractivity contribution in [3.63, 3.8) is 0 Å². The van der Waals surface area contributed by atoms with E-state index in [1.54, 1.807) is 6.08 Å². The van der Waals surface area contributed by atoms with Crippen LogP contribution < -0.4 is 15.5 Å². The van der Waals surface area contributed by atoms with Gasteiger partial charge in [0.05, 0.1) is 24.1 Å². The first-order valence-corrected chi connectivity index (χ1v) is 9.68. The number of hydrogen-bond donors (Lipinski definition) is 3. The third-order valence-electron chi connectivity index (χ3n) is 4.67. The number of hydrogen-bond acceptors (Lipinski definition) is 4. The van der Waals surface area contributed by atoms with Crippen molar-refractivity contribution in [2.24, 2.45) is 0 Å². The Balaban J connectivity index is 2.17. The first-order valence-electron chi connectivity index (χ1n) is 9.68. The number of carbonyl (C=O) groups is 1.